The number of nitrogens with one attached hydrogen (secondary N) is 1. The molecular weight excluding hydrogens is 454 g/mol. The number of benzene rings is 2. The predicted molar refractivity (Wildman–Crippen MR) is 103 cm³/mol. The Morgan fingerprint density at radius 2 is 1.88 bits per heavy atom. The van der Waals surface area contributed by atoms with Crippen LogP contribution in [0.5, 0.6) is 5.75 Å². The van der Waals surface area contributed by atoms with Crippen LogP contribution in [-0.4, -0.2) is 24.6 Å². The monoisotopic (exact) mass is 469 g/mol. The maximum atomic E-state index is 12.4. The number of halogens is 2. The lowest BCUT2D eigenvalue weighted by atomic mass is 10.1. The number of amides is 1. The van der Waals surface area contributed by atoms with Gasteiger partial charge in [0.15, 0.2) is 6.10 Å². The van der Waals surface area contributed by atoms with Gasteiger partial charge in [-0.1, -0.05) is 28.1 Å². The first-order valence-corrected chi connectivity index (χ1v) is 9.19. The van der Waals surface area contributed by atoms with Crippen LogP contribution >= 0.6 is 31.9 Å². The topological polar surface area (TPSA) is 64.6 Å². The molecule has 0 saturated heterocycles. The summed E-state index contributed by atoms with van der Waals surface area (Å²) in [5, 5.41) is 2.71. The Labute approximate surface area is 163 Å². The normalized spacial score (nSPS) is 11.5. The van der Waals surface area contributed by atoms with Crippen molar-refractivity contribution in [3.63, 3.8) is 0 Å². The Bertz CT molecular complexity index is 779. The van der Waals surface area contributed by atoms with E-state index in [4.69, 9.17) is 9.47 Å². The van der Waals surface area contributed by atoms with Crippen LogP contribution in [-0.2, 0) is 9.53 Å². The summed E-state index contributed by atoms with van der Waals surface area (Å²) in [6.45, 7) is 3.63. The second-order valence-electron chi connectivity index (χ2n) is 5.09. The molecule has 0 bridgehead atoms. The van der Waals surface area contributed by atoms with Crippen molar-refractivity contribution in [3.05, 3.63) is 57.0 Å². The van der Waals surface area contributed by atoms with E-state index in [1.807, 2.05) is 12.1 Å². The second-order valence-corrected chi connectivity index (χ2v) is 6.86. The highest BCUT2D eigenvalue weighted by Gasteiger charge is 2.19. The van der Waals surface area contributed by atoms with Crippen LogP contribution in [0.15, 0.2) is 51.4 Å². The fourth-order valence-electron chi connectivity index (χ4n) is 2.03. The van der Waals surface area contributed by atoms with Crippen molar-refractivity contribution in [2.75, 3.05) is 11.9 Å². The lowest BCUT2D eigenvalue weighted by Crippen LogP contribution is -2.31. The van der Waals surface area contributed by atoms with E-state index >= 15 is 0 Å². The van der Waals surface area contributed by atoms with Crippen LogP contribution in [0.25, 0.3) is 0 Å². The molecule has 0 aliphatic heterocycles. The van der Waals surface area contributed by atoms with E-state index in [9.17, 15) is 9.59 Å². The molecule has 0 fully saturated rings. The third-order valence-electron chi connectivity index (χ3n) is 3.25. The Balaban J connectivity index is 2.10. The summed E-state index contributed by atoms with van der Waals surface area (Å²) < 4.78 is 12.3. The first kappa shape index (κ1) is 19.5. The van der Waals surface area contributed by atoms with Crippen molar-refractivity contribution >= 4 is 49.4 Å². The maximum absolute atomic E-state index is 12.4. The Morgan fingerprint density at radius 1 is 1.16 bits per heavy atom. The molecule has 0 unspecified atom stereocenters. The summed E-state index contributed by atoms with van der Waals surface area (Å²) in [6.07, 6.45) is -0.757. The van der Waals surface area contributed by atoms with Crippen LogP contribution in [0, 0.1) is 0 Å². The molecule has 0 aliphatic rings. The standard InChI is InChI=1S/C18H17Br2NO4/c1-3-24-18(23)13-6-4-5-7-15(13)21-17(22)11(2)25-16-9-8-12(19)10-14(16)20/h4-11H,3H2,1-2H3,(H,21,22)/t11-/m0/s1. The third-order valence-corrected chi connectivity index (χ3v) is 4.36. The van der Waals surface area contributed by atoms with E-state index in [0.717, 1.165) is 8.95 Å². The molecule has 5 nitrogen and oxygen atoms in total. The highest BCUT2D eigenvalue weighted by atomic mass is 79.9. The molecule has 7 heteroatoms. The SMILES string of the molecule is CCOC(=O)c1ccccc1NC(=O)[C@H](C)Oc1ccc(Br)cc1Br. The average Bonchev–Trinajstić information content (AvgIpc) is 2.58. The Hall–Kier alpha value is -1.86. The highest BCUT2D eigenvalue weighted by molar-refractivity contribution is 9.11. The lowest BCUT2D eigenvalue weighted by molar-refractivity contribution is -0.122. The number of ether oxygens (including phenoxy) is 2. The van der Waals surface area contributed by atoms with Gasteiger partial charge in [0.05, 0.1) is 22.3 Å². The molecule has 1 N–H and O–H groups in total. The predicted octanol–water partition coefficient (Wildman–Crippen LogP) is 4.79. The highest BCUT2D eigenvalue weighted by Crippen LogP contribution is 2.29. The molecule has 0 saturated carbocycles. The smallest absolute Gasteiger partial charge is 0.340 e. The molecule has 2 aromatic carbocycles. The first-order valence-electron chi connectivity index (χ1n) is 7.61. The van der Waals surface area contributed by atoms with E-state index in [1.165, 1.54) is 0 Å². The molecule has 1 amide bonds. The minimum absolute atomic E-state index is 0.262. The zero-order valence-electron chi connectivity index (χ0n) is 13.7. The van der Waals surface area contributed by atoms with Crippen LogP contribution < -0.4 is 10.1 Å². The van der Waals surface area contributed by atoms with Crippen LogP contribution in [0.2, 0.25) is 0 Å². The van der Waals surface area contributed by atoms with Gasteiger partial charge in [-0.25, -0.2) is 4.79 Å². The summed E-state index contributed by atoms with van der Waals surface area (Å²) >= 11 is 6.75. The van der Waals surface area contributed by atoms with Gasteiger partial charge in [-0.15, -0.1) is 0 Å². The summed E-state index contributed by atoms with van der Waals surface area (Å²) in [7, 11) is 0. The fourth-order valence-corrected chi connectivity index (χ4v) is 3.17. The van der Waals surface area contributed by atoms with Gasteiger partial charge < -0.3 is 14.8 Å². The molecule has 0 spiro atoms. The van der Waals surface area contributed by atoms with Gasteiger partial charge >= 0.3 is 5.97 Å². The Kier molecular flexibility index (Phi) is 7.01. The van der Waals surface area contributed by atoms with E-state index in [-0.39, 0.29) is 12.5 Å². The quantitative estimate of drug-likeness (QED) is 0.616. The van der Waals surface area contributed by atoms with Gasteiger partial charge in [-0.05, 0) is 60.1 Å². The molecule has 2 aromatic rings. The summed E-state index contributed by atoms with van der Waals surface area (Å²) in [4.78, 5) is 24.4. The molecule has 0 heterocycles. The average molecular weight is 471 g/mol. The molecule has 2 rings (SSSR count). The minimum atomic E-state index is -0.757. The summed E-state index contributed by atoms with van der Waals surface area (Å²) in [5.74, 6) is -0.307. The van der Waals surface area contributed by atoms with Gasteiger partial charge in [-0.3, -0.25) is 4.79 Å². The molecule has 132 valence electrons. The largest absolute Gasteiger partial charge is 0.480 e. The van der Waals surface area contributed by atoms with E-state index in [2.05, 4.69) is 37.2 Å². The van der Waals surface area contributed by atoms with Crippen LogP contribution in [0.3, 0.4) is 0 Å². The zero-order chi connectivity index (χ0) is 18.4. The van der Waals surface area contributed by atoms with Gasteiger partial charge in [0.1, 0.15) is 5.75 Å². The molecular formula is C18H17Br2NO4. The van der Waals surface area contributed by atoms with Gasteiger partial charge in [0.2, 0.25) is 0 Å². The van der Waals surface area contributed by atoms with Gasteiger partial charge in [0.25, 0.3) is 5.91 Å². The minimum Gasteiger partial charge on any atom is -0.480 e. The van der Waals surface area contributed by atoms with Crippen molar-refractivity contribution in [1.82, 2.24) is 0 Å². The van der Waals surface area contributed by atoms with E-state index < -0.39 is 12.1 Å². The fraction of sp³-hybridized carbons (Fsp3) is 0.222. The Morgan fingerprint density at radius 3 is 2.56 bits per heavy atom. The third kappa shape index (κ3) is 5.31. The van der Waals surface area contributed by atoms with Crippen molar-refractivity contribution in [1.29, 1.82) is 0 Å². The van der Waals surface area contributed by atoms with E-state index in [1.54, 1.807) is 44.2 Å². The number of hydrogen-bond donors (Lipinski definition) is 1. The molecule has 0 aromatic heterocycles. The number of hydrogen-bond acceptors (Lipinski definition) is 4. The summed E-state index contributed by atoms with van der Waals surface area (Å²) in [6, 6.07) is 12.1. The second kappa shape index (κ2) is 9.01. The molecule has 0 aliphatic carbocycles. The van der Waals surface area contributed by atoms with Gasteiger partial charge in [-0.2, -0.15) is 0 Å². The first-order chi connectivity index (χ1) is 11.9. The number of esters is 1. The number of carbonyl (C=O) groups is 2. The van der Waals surface area contributed by atoms with Crippen LogP contribution in [0.4, 0.5) is 5.69 Å². The van der Waals surface area contributed by atoms with Crippen molar-refractivity contribution in [3.8, 4) is 5.75 Å². The van der Waals surface area contributed by atoms with Crippen molar-refractivity contribution in [2.45, 2.75) is 20.0 Å². The van der Waals surface area contributed by atoms with Gasteiger partial charge in [0, 0.05) is 4.47 Å². The summed E-state index contributed by atoms with van der Waals surface area (Å²) in [5.41, 5.74) is 0.686. The molecule has 0 radical (unpaired) electrons. The van der Waals surface area contributed by atoms with Crippen molar-refractivity contribution < 1.29 is 19.1 Å². The lowest BCUT2D eigenvalue weighted by Gasteiger charge is -2.17. The number of anilines is 1. The maximum Gasteiger partial charge on any atom is 0.340 e. The van der Waals surface area contributed by atoms with Crippen molar-refractivity contribution in [2.24, 2.45) is 0 Å². The molecule has 1 atom stereocenters. The number of rotatable bonds is 6. The number of carbonyl (C=O) groups excluding carboxylic acids is 2. The zero-order valence-corrected chi connectivity index (χ0v) is 16.9. The number of para-hydroxylation sites is 1. The molecule has 25 heavy (non-hydrogen) atoms. The van der Waals surface area contributed by atoms with E-state index in [0.29, 0.717) is 17.0 Å². The van der Waals surface area contributed by atoms with Crippen LogP contribution in [0.1, 0.15) is 24.2 Å².